The monoisotopic (exact) mass is 484 g/mol. The number of hydrogen-bond donors (Lipinski definition) is 1. The number of hydrogen-bond acceptors (Lipinski definition) is 8. The van der Waals surface area contributed by atoms with Crippen LogP contribution in [0.15, 0.2) is 58.3 Å². The van der Waals surface area contributed by atoms with E-state index in [0.29, 0.717) is 12.3 Å². The van der Waals surface area contributed by atoms with Gasteiger partial charge in [0, 0.05) is 25.0 Å². The van der Waals surface area contributed by atoms with Crippen molar-refractivity contribution >= 4 is 56.2 Å². The highest BCUT2D eigenvalue weighted by molar-refractivity contribution is 8.01. The number of benzene rings is 2. The van der Waals surface area contributed by atoms with Crippen molar-refractivity contribution in [1.82, 2.24) is 15.1 Å². The molecule has 0 atom stereocenters. The molecule has 166 valence electrons. The molecule has 0 radical (unpaired) electrons. The van der Waals surface area contributed by atoms with Gasteiger partial charge in [-0.2, -0.15) is 0 Å². The van der Waals surface area contributed by atoms with Crippen molar-refractivity contribution in [1.29, 1.82) is 0 Å². The van der Waals surface area contributed by atoms with Gasteiger partial charge in [-0.05, 0) is 52.4 Å². The van der Waals surface area contributed by atoms with Gasteiger partial charge >= 0.3 is 0 Å². The molecule has 1 N–H and O–H groups in total. The first kappa shape index (κ1) is 22.6. The topological polar surface area (TPSA) is 67.3 Å². The molecule has 4 rings (SSSR count). The molecule has 2 aromatic carbocycles. The van der Waals surface area contributed by atoms with Gasteiger partial charge in [0.2, 0.25) is 11.0 Å². The summed E-state index contributed by atoms with van der Waals surface area (Å²) in [5, 5.41) is 16.8. The lowest BCUT2D eigenvalue weighted by atomic mass is 10.1. The number of aromatic nitrogens is 2. The second-order valence-corrected chi connectivity index (χ2v) is 10.4. The third kappa shape index (κ3) is 5.99. The van der Waals surface area contributed by atoms with Crippen LogP contribution in [0.3, 0.4) is 0 Å². The van der Waals surface area contributed by atoms with Crippen molar-refractivity contribution in [2.45, 2.75) is 17.3 Å². The minimum absolute atomic E-state index is 0.0623. The molecule has 1 amide bonds. The van der Waals surface area contributed by atoms with Crippen LogP contribution >= 0.6 is 34.4 Å². The number of rotatable bonds is 10. The Morgan fingerprint density at radius 1 is 1.16 bits per heavy atom. The number of thioether (sulfide) groups is 1. The van der Waals surface area contributed by atoms with Gasteiger partial charge < -0.3 is 15.0 Å². The van der Waals surface area contributed by atoms with E-state index in [1.54, 1.807) is 23.3 Å². The van der Waals surface area contributed by atoms with E-state index in [1.165, 1.54) is 28.0 Å². The molecule has 2 aromatic heterocycles. The van der Waals surface area contributed by atoms with Gasteiger partial charge in [0.1, 0.15) is 5.75 Å². The van der Waals surface area contributed by atoms with Gasteiger partial charge in [0.25, 0.3) is 0 Å². The first-order chi connectivity index (χ1) is 15.6. The van der Waals surface area contributed by atoms with Gasteiger partial charge in [-0.1, -0.05) is 47.4 Å². The Kier molecular flexibility index (Phi) is 7.62. The Balaban J connectivity index is 1.25. The molecule has 6 nitrogen and oxygen atoms in total. The Labute approximate surface area is 199 Å². The number of nitrogens with zero attached hydrogens (tertiary/aromatic N) is 3. The number of methoxy groups -OCH3 is 1. The van der Waals surface area contributed by atoms with Crippen LogP contribution in [0.1, 0.15) is 10.4 Å². The SMILES string of the molecule is COc1ccc2cc(CN(C)C(=O)CSc3nnc(NCCc4cccs4)s3)ccc2c1. The normalized spacial score (nSPS) is 10.9. The highest BCUT2D eigenvalue weighted by atomic mass is 32.2. The van der Waals surface area contributed by atoms with Crippen molar-refractivity contribution in [2.24, 2.45) is 0 Å². The predicted octanol–water partition coefficient (Wildman–Crippen LogP) is 5.17. The summed E-state index contributed by atoms with van der Waals surface area (Å²) in [5.74, 6) is 1.24. The average molecular weight is 485 g/mol. The third-order valence-electron chi connectivity index (χ3n) is 4.91. The van der Waals surface area contributed by atoms with Crippen LogP contribution in [-0.2, 0) is 17.8 Å². The zero-order valence-corrected chi connectivity index (χ0v) is 20.4. The highest BCUT2D eigenvalue weighted by Crippen LogP contribution is 2.26. The lowest BCUT2D eigenvalue weighted by Crippen LogP contribution is -2.27. The Hall–Kier alpha value is -2.62. The molecule has 4 aromatic rings. The fraction of sp³-hybridized carbons (Fsp3) is 0.261. The van der Waals surface area contributed by atoms with Crippen LogP contribution in [0.25, 0.3) is 10.8 Å². The fourth-order valence-corrected chi connectivity index (χ4v) is 5.61. The van der Waals surface area contributed by atoms with Crippen molar-refractivity contribution in [2.75, 3.05) is 31.8 Å². The van der Waals surface area contributed by atoms with E-state index in [0.717, 1.165) is 44.5 Å². The molecular formula is C23H24N4O2S3. The number of ether oxygens (including phenoxy) is 1. The molecule has 0 aliphatic rings. The number of amides is 1. The molecule has 0 unspecified atom stereocenters. The number of thiophene rings is 1. The minimum atomic E-state index is 0.0623. The van der Waals surface area contributed by atoms with E-state index in [2.05, 4.69) is 51.2 Å². The Bertz CT molecular complexity index is 1180. The molecule has 0 aliphatic heterocycles. The molecule has 9 heteroatoms. The number of fused-ring (bicyclic) bond motifs is 1. The van der Waals surface area contributed by atoms with E-state index < -0.39 is 0 Å². The van der Waals surface area contributed by atoms with E-state index >= 15 is 0 Å². The van der Waals surface area contributed by atoms with Crippen LogP contribution in [0.5, 0.6) is 5.75 Å². The van der Waals surface area contributed by atoms with E-state index in [4.69, 9.17) is 4.74 Å². The standard InChI is InChI=1S/C23H24N4O2S3/c1-27(14-16-5-6-18-13-19(29-2)8-7-17(18)12-16)21(28)15-31-23-26-25-22(32-23)24-10-9-20-4-3-11-30-20/h3-8,11-13H,9-10,14-15H2,1-2H3,(H,24,25). The summed E-state index contributed by atoms with van der Waals surface area (Å²) in [5.41, 5.74) is 1.09. The van der Waals surface area contributed by atoms with Gasteiger partial charge in [-0.25, -0.2) is 0 Å². The number of carbonyl (C=O) groups is 1. The van der Waals surface area contributed by atoms with E-state index in [9.17, 15) is 4.79 Å². The molecule has 0 aliphatic carbocycles. The maximum atomic E-state index is 12.6. The summed E-state index contributed by atoms with van der Waals surface area (Å²) in [4.78, 5) is 15.7. The summed E-state index contributed by atoms with van der Waals surface area (Å²) in [6.07, 6.45) is 0.964. The maximum absolute atomic E-state index is 12.6. The Morgan fingerprint density at radius 2 is 2.00 bits per heavy atom. The molecular weight excluding hydrogens is 460 g/mol. The molecule has 0 bridgehead atoms. The zero-order valence-electron chi connectivity index (χ0n) is 17.9. The zero-order chi connectivity index (χ0) is 22.3. The number of nitrogens with one attached hydrogen (secondary N) is 1. The van der Waals surface area contributed by atoms with E-state index in [-0.39, 0.29) is 5.91 Å². The minimum Gasteiger partial charge on any atom is -0.497 e. The largest absolute Gasteiger partial charge is 0.497 e. The van der Waals surface area contributed by atoms with Crippen molar-refractivity contribution in [3.63, 3.8) is 0 Å². The summed E-state index contributed by atoms with van der Waals surface area (Å²) in [6, 6.07) is 16.4. The van der Waals surface area contributed by atoms with Crippen molar-refractivity contribution < 1.29 is 9.53 Å². The van der Waals surface area contributed by atoms with Crippen LogP contribution < -0.4 is 10.1 Å². The van der Waals surface area contributed by atoms with Gasteiger partial charge in [0.15, 0.2) is 4.34 Å². The lowest BCUT2D eigenvalue weighted by Gasteiger charge is -2.17. The van der Waals surface area contributed by atoms with Gasteiger partial charge in [0.05, 0.1) is 12.9 Å². The van der Waals surface area contributed by atoms with Crippen LogP contribution in [0.4, 0.5) is 5.13 Å². The second-order valence-electron chi connectivity index (χ2n) is 7.22. The smallest absolute Gasteiger partial charge is 0.233 e. The van der Waals surface area contributed by atoms with Crippen LogP contribution in [0, 0.1) is 0 Å². The first-order valence-electron chi connectivity index (χ1n) is 10.1. The molecule has 0 saturated heterocycles. The molecule has 32 heavy (non-hydrogen) atoms. The summed E-state index contributed by atoms with van der Waals surface area (Å²) >= 11 is 4.67. The Morgan fingerprint density at radius 3 is 2.81 bits per heavy atom. The number of anilines is 1. The third-order valence-corrected chi connectivity index (χ3v) is 7.85. The molecule has 0 spiro atoms. The summed E-state index contributed by atoms with van der Waals surface area (Å²) < 4.78 is 6.08. The quantitative estimate of drug-likeness (QED) is 0.313. The fourth-order valence-electron chi connectivity index (χ4n) is 3.18. The second kappa shape index (κ2) is 10.8. The molecule has 2 heterocycles. The van der Waals surface area contributed by atoms with E-state index in [1.807, 2.05) is 25.2 Å². The van der Waals surface area contributed by atoms with Crippen molar-refractivity contribution in [3.8, 4) is 5.75 Å². The highest BCUT2D eigenvalue weighted by Gasteiger charge is 2.13. The molecule has 0 saturated carbocycles. The lowest BCUT2D eigenvalue weighted by molar-refractivity contribution is -0.127. The number of carbonyl (C=O) groups excluding carboxylic acids is 1. The van der Waals surface area contributed by atoms with Crippen LogP contribution in [0.2, 0.25) is 0 Å². The summed E-state index contributed by atoms with van der Waals surface area (Å²) in [7, 11) is 3.50. The average Bonchev–Trinajstić information content (AvgIpc) is 3.49. The predicted molar refractivity (Wildman–Crippen MR) is 134 cm³/mol. The first-order valence-corrected chi connectivity index (χ1v) is 12.8. The summed E-state index contributed by atoms with van der Waals surface area (Å²) in [6.45, 7) is 1.38. The van der Waals surface area contributed by atoms with Gasteiger partial charge in [-0.15, -0.1) is 21.5 Å². The molecule has 0 fully saturated rings. The van der Waals surface area contributed by atoms with Crippen LogP contribution in [-0.4, -0.2) is 47.5 Å². The van der Waals surface area contributed by atoms with Crippen molar-refractivity contribution in [3.05, 3.63) is 64.4 Å². The maximum Gasteiger partial charge on any atom is 0.233 e. The van der Waals surface area contributed by atoms with Gasteiger partial charge in [-0.3, -0.25) is 4.79 Å².